The van der Waals surface area contributed by atoms with Crippen LogP contribution < -0.4 is 4.72 Å². The molecule has 0 radical (unpaired) electrons. The van der Waals surface area contributed by atoms with Crippen LogP contribution in [0.4, 0.5) is 0 Å². The molecule has 0 aliphatic carbocycles. The van der Waals surface area contributed by atoms with Crippen LogP contribution in [-0.4, -0.2) is 51.9 Å². The first-order valence-electron chi connectivity index (χ1n) is 8.85. The average molecular weight is 392 g/mol. The molecule has 2 aromatic rings. The van der Waals surface area contributed by atoms with E-state index >= 15 is 0 Å². The van der Waals surface area contributed by atoms with Gasteiger partial charge in [0.15, 0.2) is 5.78 Å². The van der Waals surface area contributed by atoms with Crippen molar-refractivity contribution in [3.05, 3.63) is 53.5 Å². The Morgan fingerprint density at radius 1 is 1.15 bits per heavy atom. The molecule has 1 fully saturated rings. The number of hydrogen-bond acceptors (Lipinski definition) is 6. The van der Waals surface area contributed by atoms with E-state index < -0.39 is 10.0 Å². The van der Waals surface area contributed by atoms with E-state index in [0.717, 1.165) is 11.5 Å². The lowest BCUT2D eigenvalue weighted by atomic mass is 10.2. The summed E-state index contributed by atoms with van der Waals surface area (Å²) in [5, 5.41) is 0. The van der Waals surface area contributed by atoms with Gasteiger partial charge in [0.25, 0.3) is 0 Å². The summed E-state index contributed by atoms with van der Waals surface area (Å²) < 4.78 is 39.2. The maximum Gasteiger partial charge on any atom is 0.240 e. The lowest BCUT2D eigenvalue weighted by Crippen LogP contribution is -2.43. The van der Waals surface area contributed by atoms with Crippen LogP contribution >= 0.6 is 0 Å². The Balaban J connectivity index is 1.76. The summed E-state index contributed by atoms with van der Waals surface area (Å²) in [6, 6.07) is 9.47. The van der Waals surface area contributed by atoms with Crippen LogP contribution in [0.3, 0.4) is 0 Å². The van der Waals surface area contributed by atoms with Crippen molar-refractivity contribution in [3.63, 3.8) is 0 Å². The number of benzene rings is 1. The molecule has 1 saturated heterocycles. The number of carbonyl (C=O) groups excluding carboxylic acids is 1. The van der Waals surface area contributed by atoms with Gasteiger partial charge in [0, 0.05) is 25.2 Å². The third-order valence-corrected chi connectivity index (χ3v) is 6.05. The zero-order chi connectivity index (χ0) is 19.4. The third kappa shape index (κ3) is 4.84. The second kappa shape index (κ2) is 8.35. The second-order valence-electron chi connectivity index (χ2n) is 6.55. The predicted octanol–water partition coefficient (Wildman–Crippen LogP) is 2.14. The number of sulfonamides is 1. The molecule has 0 amide bonds. The van der Waals surface area contributed by atoms with Crippen LogP contribution in [0.2, 0.25) is 0 Å². The van der Waals surface area contributed by atoms with Gasteiger partial charge in [0.2, 0.25) is 10.0 Å². The molecule has 2 heterocycles. The number of nitrogens with one attached hydrogen (secondary N) is 1. The molecule has 7 nitrogen and oxygen atoms in total. The van der Waals surface area contributed by atoms with Gasteiger partial charge in [-0.2, -0.15) is 0 Å². The van der Waals surface area contributed by atoms with Crippen molar-refractivity contribution in [1.82, 2.24) is 9.62 Å². The molecule has 1 N–H and O–H groups in total. The van der Waals surface area contributed by atoms with E-state index in [1.165, 1.54) is 31.2 Å². The van der Waals surface area contributed by atoms with Crippen molar-refractivity contribution < 1.29 is 22.4 Å². The Hall–Kier alpha value is -2.00. The molecule has 0 saturated carbocycles. The number of morpholine rings is 1. The first kappa shape index (κ1) is 19.8. The zero-order valence-corrected chi connectivity index (χ0v) is 16.3. The summed E-state index contributed by atoms with van der Waals surface area (Å²) >= 11 is 0. The number of ketones is 1. The molecule has 1 aliphatic rings. The molecule has 3 rings (SSSR count). The maximum atomic E-state index is 12.7. The molecular weight excluding hydrogens is 368 g/mol. The highest BCUT2D eigenvalue weighted by Gasteiger charge is 2.27. The number of aryl methyl sites for hydroxylation is 1. The highest BCUT2D eigenvalue weighted by atomic mass is 32.2. The van der Waals surface area contributed by atoms with E-state index in [-0.39, 0.29) is 23.3 Å². The predicted molar refractivity (Wildman–Crippen MR) is 100 cm³/mol. The normalized spacial score (nSPS) is 17.0. The molecule has 1 aromatic carbocycles. The van der Waals surface area contributed by atoms with Gasteiger partial charge in [0.1, 0.15) is 11.5 Å². The van der Waals surface area contributed by atoms with E-state index in [0.29, 0.717) is 31.9 Å². The van der Waals surface area contributed by atoms with Gasteiger partial charge in [-0.3, -0.25) is 9.69 Å². The van der Waals surface area contributed by atoms with Gasteiger partial charge >= 0.3 is 0 Å². The summed E-state index contributed by atoms with van der Waals surface area (Å²) in [7, 11) is -3.70. The van der Waals surface area contributed by atoms with Crippen molar-refractivity contribution in [2.75, 3.05) is 32.8 Å². The van der Waals surface area contributed by atoms with Gasteiger partial charge in [-0.1, -0.05) is 12.1 Å². The van der Waals surface area contributed by atoms with E-state index in [9.17, 15) is 13.2 Å². The summed E-state index contributed by atoms with van der Waals surface area (Å²) in [6.45, 7) is 6.12. The van der Waals surface area contributed by atoms with Crippen molar-refractivity contribution in [2.24, 2.45) is 0 Å². The number of Topliss-reactive ketones (excluding diaryl/α,β-unsaturated/α-hetero) is 1. The number of rotatable bonds is 7. The monoisotopic (exact) mass is 392 g/mol. The van der Waals surface area contributed by atoms with Crippen LogP contribution in [0.15, 0.2) is 45.7 Å². The van der Waals surface area contributed by atoms with Crippen LogP contribution in [0.25, 0.3) is 0 Å². The zero-order valence-electron chi connectivity index (χ0n) is 15.5. The second-order valence-corrected chi connectivity index (χ2v) is 8.31. The Labute approximate surface area is 159 Å². The topological polar surface area (TPSA) is 88.8 Å². The lowest BCUT2D eigenvalue weighted by Gasteiger charge is -2.33. The number of hydrogen-bond donors (Lipinski definition) is 1. The summed E-state index contributed by atoms with van der Waals surface area (Å²) in [4.78, 5) is 13.6. The van der Waals surface area contributed by atoms with E-state index in [4.69, 9.17) is 9.15 Å². The van der Waals surface area contributed by atoms with E-state index in [2.05, 4.69) is 9.62 Å². The standard InChI is InChI=1S/C19H24N2O5S/c1-14-3-8-19(26-14)18(21-9-11-25-12-10-21)13-20-27(23,24)17-6-4-16(5-7-17)15(2)22/h3-8,18,20H,9-13H2,1-2H3. The number of carbonyl (C=O) groups is 1. The molecule has 27 heavy (non-hydrogen) atoms. The van der Waals surface area contributed by atoms with E-state index in [1.54, 1.807) is 0 Å². The van der Waals surface area contributed by atoms with Crippen LogP contribution in [0.5, 0.6) is 0 Å². The molecule has 8 heteroatoms. The van der Waals surface area contributed by atoms with Gasteiger partial charge in [-0.25, -0.2) is 13.1 Å². The fourth-order valence-electron chi connectivity index (χ4n) is 3.07. The van der Waals surface area contributed by atoms with Crippen molar-refractivity contribution in [1.29, 1.82) is 0 Å². The van der Waals surface area contributed by atoms with Gasteiger partial charge in [-0.15, -0.1) is 0 Å². The molecular formula is C19H24N2O5S. The minimum absolute atomic E-state index is 0.104. The molecule has 1 unspecified atom stereocenters. The Bertz CT molecular complexity index is 883. The highest BCUT2D eigenvalue weighted by molar-refractivity contribution is 7.89. The summed E-state index contributed by atoms with van der Waals surface area (Å²) in [5.74, 6) is 1.41. The van der Waals surface area contributed by atoms with Gasteiger partial charge < -0.3 is 9.15 Å². The van der Waals surface area contributed by atoms with Gasteiger partial charge in [0.05, 0.1) is 24.2 Å². The van der Waals surface area contributed by atoms with E-state index in [1.807, 2.05) is 19.1 Å². The minimum atomic E-state index is -3.70. The number of ether oxygens (including phenoxy) is 1. The fraction of sp³-hybridized carbons (Fsp3) is 0.421. The van der Waals surface area contributed by atoms with Crippen LogP contribution in [-0.2, 0) is 14.8 Å². The molecule has 0 bridgehead atoms. The third-order valence-electron chi connectivity index (χ3n) is 4.61. The minimum Gasteiger partial charge on any atom is -0.465 e. The SMILES string of the molecule is CC(=O)c1ccc(S(=O)(=O)NCC(c2ccc(C)o2)N2CCOCC2)cc1. The average Bonchev–Trinajstić information content (AvgIpc) is 3.09. The quantitative estimate of drug-likeness (QED) is 0.727. The smallest absolute Gasteiger partial charge is 0.240 e. The lowest BCUT2D eigenvalue weighted by molar-refractivity contribution is 0.0127. The van der Waals surface area contributed by atoms with Gasteiger partial charge in [-0.05, 0) is 38.1 Å². The first-order chi connectivity index (χ1) is 12.9. The fourth-order valence-corrected chi connectivity index (χ4v) is 4.11. The van der Waals surface area contributed by atoms with Crippen molar-refractivity contribution >= 4 is 15.8 Å². The van der Waals surface area contributed by atoms with Crippen molar-refractivity contribution in [2.45, 2.75) is 24.8 Å². The first-order valence-corrected chi connectivity index (χ1v) is 10.3. The highest BCUT2D eigenvalue weighted by Crippen LogP contribution is 2.24. The summed E-state index contributed by atoms with van der Waals surface area (Å²) in [5.41, 5.74) is 0.478. The Morgan fingerprint density at radius 3 is 2.37 bits per heavy atom. The number of furan rings is 1. The molecule has 1 atom stereocenters. The van der Waals surface area contributed by atoms with Crippen LogP contribution in [0.1, 0.15) is 34.8 Å². The number of nitrogens with zero attached hydrogens (tertiary/aromatic N) is 1. The van der Waals surface area contributed by atoms with Crippen LogP contribution in [0, 0.1) is 6.92 Å². The largest absolute Gasteiger partial charge is 0.465 e. The molecule has 0 spiro atoms. The maximum absolute atomic E-state index is 12.7. The molecule has 1 aromatic heterocycles. The molecule has 1 aliphatic heterocycles. The van der Waals surface area contributed by atoms with Crippen molar-refractivity contribution in [3.8, 4) is 0 Å². The Kier molecular flexibility index (Phi) is 6.11. The Morgan fingerprint density at radius 2 is 1.81 bits per heavy atom. The molecule has 146 valence electrons. The summed E-state index contributed by atoms with van der Waals surface area (Å²) in [6.07, 6.45) is 0.